The molecule has 2 aromatic carbocycles. The van der Waals surface area contributed by atoms with Crippen LogP contribution in [0.25, 0.3) is 11.1 Å². The number of benzene rings is 2. The minimum atomic E-state index is -0.329. The molecule has 1 heterocycles. The Morgan fingerprint density at radius 1 is 1.21 bits per heavy atom. The molecule has 0 saturated carbocycles. The van der Waals surface area contributed by atoms with Gasteiger partial charge in [-0.15, -0.1) is 0 Å². The van der Waals surface area contributed by atoms with Crippen LogP contribution in [0.1, 0.15) is 22.3 Å². The predicted octanol–water partition coefficient (Wildman–Crippen LogP) is 3.69. The largest absolute Gasteiger partial charge is 0.465 e. The average Bonchev–Trinajstić information content (AvgIpc) is 3.15. The second-order valence-corrected chi connectivity index (χ2v) is 5.98. The smallest absolute Gasteiger partial charge is 0.338 e. The fourth-order valence-corrected chi connectivity index (χ4v) is 2.88. The number of esters is 1. The molecule has 0 spiro atoms. The van der Waals surface area contributed by atoms with E-state index in [0.717, 1.165) is 36.3 Å². The maximum atomic E-state index is 12.0. The van der Waals surface area contributed by atoms with E-state index in [2.05, 4.69) is 0 Å². The van der Waals surface area contributed by atoms with Crippen molar-refractivity contribution in [3.05, 3.63) is 59.7 Å². The summed E-state index contributed by atoms with van der Waals surface area (Å²) in [6.45, 7) is 2.85. The second kappa shape index (κ2) is 8.08. The Morgan fingerprint density at radius 2 is 2.04 bits per heavy atom. The number of ether oxygens (including phenoxy) is 3. The first-order valence-corrected chi connectivity index (χ1v) is 8.20. The van der Waals surface area contributed by atoms with Gasteiger partial charge in [-0.25, -0.2) is 4.79 Å². The van der Waals surface area contributed by atoms with E-state index in [1.54, 1.807) is 0 Å². The number of methoxy groups -OCH3 is 1. The van der Waals surface area contributed by atoms with E-state index in [9.17, 15) is 4.79 Å². The summed E-state index contributed by atoms with van der Waals surface area (Å²) < 4.78 is 16.1. The van der Waals surface area contributed by atoms with Gasteiger partial charge in [-0.3, -0.25) is 0 Å². The minimum Gasteiger partial charge on any atom is -0.465 e. The normalized spacial score (nSPS) is 17.0. The zero-order valence-corrected chi connectivity index (χ0v) is 13.9. The molecule has 0 radical (unpaired) electrons. The zero-order valence-electron chi connectivity index (χ0n) is 13.9. The third kappa shape index (κ3) is 4.02. The van der Waals surface area contributed by atoms with Crippen molar-refractivity contribution in [3.8, 4) is 11.1 Å². The quantitative estimate of drug-likeness (QED) is 0.760. The lowest BCUT2D eigenvalue weighted by Gasteiger charge is -2.12. The van der Waals surface area contributed by atoms with Crippen LogP contribution in [-0.2, 0) is 20.8 Å². The Kier molecular flexibility index (Phi) is 5.62. The van der Waals surface area contributed by atoms with Crippen LogP contribution in [0.2, 0.25) is 0 Å². The third-order valence-corrected chi connectivity index (χ3v) is 4.22. The summed E-state index contributed by atoms with van der Waals surface area (Å²) >= 11 is 0. The topological polar surface area (TPSA) is 44.8 Å². The molecular weight excluding hydrogens is 304 g/mol. The lowest BCUT2D eigenvalue weighted by molar-refractivity contribution is 0.0601. The van der Waals surface area contributed by atoms with Crippen LogP contribution in [0.4, 0.5) is 0 Å². The molecule has 1 unspecified atom stereocenters. The minimum absolute atomic E-state index is 0.329. The summed E-state index contributed by atoms with van der Waals surface area (Å²) in [6.07, 6.45) is 1.07. The lowest BCUT2D eigenvalue weighted by atomic mass is 9.97. The van der Waals surface area contributed by atoms with E-state index < -0.39 is 0 Å². The van der Waals surface area contributed by atoms with Crippen molar-refractivity contribution in [2.75, 3.05) is 26.9 Å². The first-order chi connectivity index (χ1) is 11.8. The summed E-state index contributed by atoms with van der Waals surface area (Å²) in [5.74, 6) is 0.164. The molecular formula is C20H22O4. The Morgan fingerprint density at radius 3 is 2.75 bits per heavy atom. The summed E-state index contributed by atoms with van der Waals surface area (Å²) in [4.78, 5) is 12.0. The third-order valence-electron chi connectivity index (χ3n) is 4.22. The molecule has 0 aromatic heterocycles. The van der Waals surface area contributed by atoms with E-state index in [1.807, 2.05) is 48.5 Å². The van der Waals surface area contributed by atoms with Crippen LogP contribution in [-0.4, -0.2) is 32.9 Å². The van der Waals surface area contributed by atoms with E-state index >= 15 is 0 Å². The maximum Gasteiger partial charge on any atom is 0.338 e. The van der Waals surface area contributed by atoms with Crippen LogP contribution in [0.15, 0.2) is 48.5 Å². The van der Waals surface area contributed by atoms with Gasteiger partial charge in [0, 0.05) is 12.5 Å². The molecule has 0 bridgehead atoms. The van der Waals surface area contributed by atoms with E-state index in [1.165, 1.54) is 7.11 Å². The SMILES string of the molecule is COC(=O)c1ccc(COCC2CCOC2)cc1-c1ccccc1. The van der Waals surface area contributed by atoms with Crippen molar-refractivity contribution < 1.29 is 19.0 Å². The monoisotopic (exact) mass is 326 g/mol. The molecule has 0 amide bonds. The molecule has 1 aliphatic rings. The number of rotatable bonds is 6. The van der Waals surface area contributed by atoms with Crippen molar-refractivity contribution in [1.82, 2.24) is 0 Å². The van der Waals surface area contributed by atoms with E-state index in [0.29, 0.717) is 24.7 Å². The van der Waals surface area contributed by atoms with E-state index in [4.69, 9.17) is 14.2 Å². The molecule has 1 aliphatic heterocycles. The van der Waals surface area contributed by atoms with Crippen LogP contribution in [0.5, 0.6) is 0 Å². The van der Waals surface area contributed by atoms with Gasteiger partial charge >= 0.3 is 5.97 Å². The van der Waals surface area contributed by atoms with Gasteiger partial charge in [-0.05, 0) is 35.2 Å². The van der Waals surface area contributed by atoms with Crippen LogP contribution < -0.4 is 0 Å². The fraction of sp³-hybridized carbons (Fsp3) is 0.350. The molecule has 4 nitrogen and oxygen atoms in total. The summed E-state index contributed by atoms with van der Waals surface area (Å²) in [5.41, 5.74) is 3.47. The van der Waals surface area contributed by atoms with Gasteiger partial charge in [-0.2, -0.15) is 0 Å². The number of carbonyl (C=O) groups excluding carboxylic acids is 1. The van der Waals surface area contributed by atoms with Crippen LogP contribution in [0, 0.1) is 5.92 Å². The molecule has 0 N–H and O–H groups in total. The van der Waals surface area contributed by atoms with Crippen molar-refractivity contribution in [2.45, 2.75) is 13.0 Å². The first-order valence-electron chi connectivity index (χ1n) is 8.20. The van der Waals surface area contributed by atoms with Gasteiger partial charge in [0.15, 0.2) is 0 Å². The molecule has 1 fully saturated rings. The van der Waals surface area contributed by atoms with Gasteiger partial charge in [0.05, 0.1) is 32.5 Å². The average molecular weight is 326 g/mol. The highest BCUT2D eigenvalue weighted by Gasteiger charge is 2.16. The van der Waals surface area contributed by atoms with Crippen molar-refractivity contribution in [2.24, 2.45) is 5.92 Å². The molecule has 3 rings (SSSR count). The number of hydrogen-bond donors (Lipinski definition) is 0. The molecule has 4 heteroatoms. The second-order valence-electron chi connectivity index (χ2n) is 5.98. The standard InChI is InChI=1S/C20H22O4/c1-22-20(21)18-8-7-15(12-24-14-16-9-10-23-13-16)11-19(18)17-5-3-2-4-6-17/h2-8,11,16H,9-10,12-14H2,1H3. The highest BCUT2D eigenvalue weighted by atomic mass is 16.5. The van der Waals surface area contributed by atoms with Crippen molar-refractivity contribution in [1.29, 1.82) is 0 Å². The fourth-order valence-electron chi connectivity index (χ4n) is 2.88. The molecule has 1 saturated heterocycles. The van der Waals surface area contributed by atoms with Gasteiger partial charge in [-0.1, -0.05) is 36.4 Å². The first kappa shape index (κ1) is 16.7. The number of hydrogen-bond acceptors (Lipinski definition) is 4. The highest BCUT2D eigenvalue weighted by Crippen LogP contribution is 2.26. The predicted molar refractivity (Wildman–Crippen MR) is 91.8 cm³/mol. The van der Waals surface area contributed by atoms with Crippen molar-refractivity contribution in [3.63, 3.8) is 0 Å². The molecule has 1 atom stereocenters. The molecule has 24 heavy (non-hydrogen) atoms. The Bertz CT molecular complexity index is 675. The zero-order chi connectivity index (χ0) is 16.8. The van der Waals surface area contributed by atoms with Gasteiger partial charge in [0.2, 0.25) is 0 Å². The van der Waals surface area contributed by atoms with Crippen LogP contribution >= 0.6 is 0 Å². The molecule has 0 aliphatic carbocycles. The summed E-state index contributed by atoms with van der Waals surface area (Å²) in [5, 5.41) is 0. The summed E-state index contributed by atoms with van der Waals surface area (Å²) in [7, 11) is 1.40. The molecule has 2 aromatic rings. The Balaban J connectivity index is 1.77. The van der Waals surface area contributed by atoms with E-state index in [-0.39, 0.29) is 5.97 Å². The summed E-state index contributed by atoms with van der Waals surface area (Å²) in [6, 6.07) is 15.6. The van der Waals surface area contributed by atoms with Gasteiger partial charge in [0.25, 0.3) is 0 Å². The van der Waals surface area contributed by atoms with Crippen molar-refractivity contribution >= 4 is 5.97 Å². The van der Waals surface area contributed by atoms with Gasteiger partial charge < -0.3 is 14.2 Å². The Hall–Kier alpha value is -2.17. The molecule has 126 valence electrons. The highest BCUT2D eigenvalue weighted by molar-refractivity contribution is 5.97. The number of carbonyl (C=O) groups is 1. The van der Waals surface area contributed by atoms with Gasteiger partial charge in [0.1, 0.15) is 0 Å². The Labute approximate surface area is 142 Å². The lowest BCUT2D eigenvalue weighted by Crippen LogP contribution is -2.09. The van der Waals surface area contributed by atoms with Crippen LogP contribution in [0.3, 0.4) is 0 Å². The maximum absolute atomic E-state index is 12.0.